The molecule has 1 spiro atoms. The van der Waals surface area contributed by atoms with E-state index in [0.717, 1.165) is 53.4 Å². The van der Waals surface area contributed by atoms with Crippen LogP contribution in [0.15, 0.2) is 63.0 Å². The van der Waals surface area contributed by atoms with Crippen molar-refractivity contribution in [1.82, 2.24) is 19.2 Å². The van der Waals surface area contributed by atoms with Gasteiger partial charge in [0.2, 0.25) is 5.78 Å². The quantitative estimate of drug-likeness (QED) is 0.245. The Kier molecular flexibility index (Phi) is 5.68. The number of carbonyl (C=O) groups is 1. The molecule has 0 bridgehead atoms. The first-order valence-electron chi connectivity index (χ1n) is 12.0. The Bertz CT molecular complexity index is 1520. The number of ketones is 1. The molecule has 2 aromatic heterocycles. The number of nitrogens with zero attached hydrogens (tertiary/aromatic N) is 4. The predicted molar refractivity (Wildman–Crippen MR) is 141 cm³/mol. The summed E-state index contributed by atoms with van der Waals surface area (Å²) in [4.78, 5) is 26.7. The molecule has 2 heterocycles. The zero-order chi connectivity index (χ0) is 24.2. The van der Waals surface area contributed by atoms with Crippen LogP contribution in [0.4, 0.5) is 0 Å². The van der Waals surface area contributed by atoms with E-state index >= 15 is 0 Å². The second-order valence-electron chi connectivity index (χ2n) is 9.60. The first-order valence-corrected chi connectivity index (χ1v) is 13.7. The van der Waals surface area contributed by atoms with Crippen LogP contribution in [-0.2, 0) is 18.9 Å². The molecule has 35 heavy (non-hydrogen) atoms. The topological polar surface area (TPSA) is 69.3 Å². The molecular weight excluding hydrogens is 524 g/mol. The van der Waals surface area contributed by atoms with Crippen LogP contribution >= 0.6 is 27.7 Å². The zero-order valence-corrected chi connectivity index (χ0v) is 21.9. The maximum absolute atomic E-state index is 13.8. The minimum Gasteiger partial charge on any atom is -0.293 e. The van der Waals surface area contributed by atoms with Crippen molar-refractivity contribution < 1.29 is 4.79 Å². The Labute approximate surface area is 215 Å². The fourth-order valence-electron chi connectivity index (χ4n) is 5.84. The molecule has 1 fully saturated rings. The Morgan fingerprint density at radius 3 is 2.57 bits per heavy atom. The third kappa shape index (κ3) is 3.69. The average Bonchev–Trinajstić information content (AvgIpc) is 3.30. The molecule has 0 saturated heterocycles. The molecule has 0 unspecified atom stereocenters. The number of rotatable bonds is 4. The van der Waals surface area contributed by atoms with Crippen LogP contribution in [0, 0.1) is 0 Å². The van der Waals surface area contributed by atoms with E-state index in [1.54, 1.807) is 11.6 Å². The maximum Gasteiger partial charge on any atom is 0.259 e. The van der Waals surface area contributed by atoms with Gasteiger partial charge in [-0.1, -0.05) is 83.4 Å². The highest BCUT2D eigenvalue weighted by Gasteiger charge is 2.44. The van der Waals surface area contributed by atoms with Crippen LogP contribution in [-0.4, -0.2) is 30.7 Å². The summed E-state index contributed by atoms with van der Waals surface area (Å²) in [5.41, 5.74) is 4.68. The van der Waals surface area contributed by atoms with Crippen LogP contribution in [0.1, 0.15) is 53.6 Å². The van der Waals surface area contributed by atoms with Gasteiger partial charge in [-0.15, -0.1) is 10.2 Å². The van der Waals surface area contributed by atoms with Crippen LogP contribution in [0.25, 0.3) is 17.0 Å². The highest BCUT2D eigenvalue weighted by atomic mass is 79.9. The molecular formula is C27H25BrN4O2S. The first-order chi connectivity index (χ1) is 17.0. The highest BCUT2D eigenvalue weighted by molar-refractivity contribution is 9.10. The molecule has 0 N–H and O–H groups in total. The lowest BCUT2D eigenvalue weighted by Gasteiger charge is -2.42. The second-order valence-corrected chi connectivity index (χ2v) is 11.5. The summed E-state index contributed by atoms with van der Waals surface area (Å²) >= 11 is 4.79. The van der Waals surface area contributed by atoms with E-state index in [0.29, 0.717) is 16.5 Å². The molecule has 2 aromatic carbocycles. The van der Waals surface area contributed by atoms with E-state index in [-0.39, 0.29) is 22.5 Å². The Morgan fingerprint density at radius 1 is 1.06 bits per heavy atom. The van der Waals surface area contributed by atoms with Crippen molar-refractivity contribution in [3.05, 3.63) is 80.0 Å². The first kappa shape index (κ1) is 22.7. The van der Waals surface area contributed by atoms with Crippen molar-refractivity contribution in [3.8, 4) is 11.3 Å². The number of hydrogen-bond donors (Lipinski definition) is 0. The monoisotopic (exact) mass is 548 g/mol. The number of aryl methyl sites for hydroxylation is 1. The number of carbonyl (C=O) groups excluding carboxylic acids is 1. The third-order valence-corrected chi connectivity index (χ3v) is 8.99. The van der Waals surface area contributed by atoms with Gasteiger partial charge >= 0.3 is 0 Å². The summed E-state index contributed by atoms with van der Waals surface area (Å²) in [6.07, 6.45) is 6.41. The lowest BCUT2D eigenvalue weighted by atomic mass is 9.62. The summed E-state index contributed by atoms with van der Waals surface area (Å²) in [6, 6.07) is 15.8. The standard InChI is InChI=1S/C27H25BrN4O2S/c1-31-24(34)22-23(20-8-4-3-7-18(20)15-27(22)13-5-2-6-14-27)32-25(31)29-30-26(32)35-16-21(33)17-9-11-19(28)12-10-17/h3-4,7-12H,2,5-6,13-16H2,1H3. The molecule has 0 amide bonds. The van der Waals surface area contributed by atoms with Gasteiger partial charge in [0.25, 0.3) is 5.56 Å². The van der Waals surface area contributed by atoms with Crippen LogP contribution < -0.4 is 5.56 Å². The van der Waals surface area contributed by atoms with Gasteiger partial charge in [0.05, 0.1) is 11.4 Å². The molecule has 0 atom stereocenters. The SMILES string of the molecule is Cn1c(=O)c2c(n3c(SCC(=O)c4ccc(Br)cc4)nnc13)-c1ccccc1CC21CCCCC1. The van der Waals surface area contributed by atoms with Gasteiger partial charge in [-0.2, -0.15) is 0 Å². The normalized spacial score (nSPS) is 16.3. The molecule has 8 heteroatoms. The molecule has 2 aliphatic rings. The van der Waals surface area contributed by atoms with Crippen molar-refractivity contribution in [2.24, 2.45) is 7.05 Å². The van der Waals surface area contributed by atoms with Gasteiger partial charge < -0.3 is 0 Å². The van der Waals surface area contributed by atoms with Gasteiger partial charge in [0, 0.05) is 33.6 Å². The van der Waals surface area contributed by atoms with Crippen molar-refractivity contribution in [3.63, 3.8) is 0 Å². The number of fused-ring (bicyclic) bond motifs is 6. The van der Waals surface area contributed by atoms with E-state index < -0.39 is 0 Å². The van der Waals surface area contributed by atoms with Crippen LogP contribution in [0.5, 0.6) is 0 Å². The molecule has 4 aromatic rings. The zero-order valence-electron chi connectivity index (χ0n) is 19.5. The van der Waals surface area contributed by atoms with Crippen LogP contribution in [0.3, 0.4) is 0 Å². The van der Waals surface area contributed by atoms with E-state index in [9.17, 15) is 9.59 Å². The second kappa shape index (κ2) is 8.75. The highest BCUT2D eigenvalue weighted by Crippen LogP contribution is 2.49. The fourth-order valence-corrected chi connectivity index (χ4v) is 6.93. The number of Topliss-reactive ketones (excluding diaryl/α,β-unsaturated/α-hetero) is 1. The van der Waals surface area contributed by atoms with Gasteiger partial charge in [-0.25, -0.2) is 0 Å². The van der Waals surface area contributed by atoms with Crippen molar-refractivity contribution >= 4 is 39.3 Å². The number of benzene rings is 2. The van der Waals surface area contributed by atoms with Crippen LogP contribution in [0.2, 0.25) is 0 Å². The fraction of sp³-hybridized carbons (Fsp3) is 0.333. The third-order valence-electron chi connectivity index (χ3n) is 7.54. The number of thioether (sulfide) groups is 1. The molecule has 2 aliphatic carbocycles. The van der Waals surface area contributed by atoms with E-state index in [4.69, 9.17) is 0 Å². The number of halogens is 1. The Morgan fingerprint density at radius 2 is 1.80 bits per heavy atom. The average molecular weight is 549 g/mol. The predicted octanol–water partition coefficient (Wildman–Crippen LogP) is 5.59. The molecule has 6 nitrogen and oxygen atoms in total. The summed E-state index contributed by atoms with van der Waals surface area (Å²) in [5, 5.41) is 9.48. The summed E-state index contributed by atoms with van der Waals surface area (Å²) in [6.45, 7) is 0. The molecule has 1 saturated carbocycles. The Balaban J connectivity index is 1.51. The summed E-state index contributed by atoms with van der Waals surface area (Å²) in [7, 11) is 1.78. The van der Waals surface area contributed by atoms with E-state index in [1.165, 1.54) is 23.7 Å². The van der Waals surface area contributed by atoms with Gasteiger partial charge in [0.1, 0.15) is 0 Å². The Hall–Kier alpha value is -2.71. The molecule has 0 aliphatic heterocycles. The van der Waals surface area contributed by atoms with E-state index in [1.807, 2.05) is 34.7 Å². The number of hydrogen-bond acceptors (Lipinski definition) is 5. The van der Waals surface area contributed by atoms with E-state index in [2.05, 4.69) is 44.3 Å². The summed E-state index contributed by atoms with van der Waals surface area (Å²) in [5.74, 6) is 0.782. The lowest BCUT2D eigenvalue weighted by molar-refractivity contribution is 0.102. The maximum atomic E-state index is 13.8. The van der Waals surface area contributed by atoms with Crippen molar-refractivity contribution in [2.45, 2.75) is 49.1 Å². The van der Waals surface area contributed by atoms with Crippen molar-refractivity contribution in [2.75, 3.05) is 5.75 Å². The summed E-state index contributed by atoms with van der Waals surface area (Å²) < 4.78 is 4.59. The number of aromatic nitrogens is 4. The van der Waals surface area contributed by atoms with Gasteiger partial charge in [0.15, 0.2) is 10.9 Å². The van der Waals surface area contributed by atoms with Gasteiger partial charge in [-0.3, -0.25) is 18.6 Å². The molecule has 0 radical (unpaired) electrons. The lowest BCUT2D eigenvalue weighted by Crippen LogP contribution is -2.43. The largest absolute Gasteiger partial charge is 0.293 e. The van der Waals surface area contributed by atoms with Crippen molar-refractivity contribution in [1.29, 1.82) is 0 Å². The minimum absolute atomic E-state index is 0.0267. The minimum atomic E-state index is -0.162. The van der Waals surface area contributed by atoms with Gasteiger partial charge in [-0.05, 0) is 37.0 Å². The molecule has 6 rings (SSSR count). The smallest absolute Gasteiger partial charge is 0.259 e. The molecule has 178 valence electrons.